The van der Waals surface area contributed by atoms with E-state index in [4.69, 9.17) is 0 Å². The van der Waals surface area contributed by atoms with E-state index in [1.54, 1.807) is 0 Å². The van der Waals surface area contributed by atoms with Crippen LogP contribution in [0, 0.1) is 6.92 Å². The lowest BCUT2D eigenvalue weighted by Gasteiger charge is -2.20. The highest BCUT2D eigenvalue weighted by atomic mass is 79.9. The fourth-order valence-electron chi connectivity index (χ4n) is 3.04. The fraction of sp³-hybridized carbons (Fsp3) is 0.350. The molecule has 0 N–H and O–H groups in total. The molecule has 0 aliphatic carbocycles. The highest BCUT2D eigenvalue weighted by Crippen LogP contribution is 2.29. The zero-order valence-electron chi connectivity index (χ0n) is 14.5. The SMILES string of the molecule is C/C=C(\C(C)=C/CC)n1c(C(C)Br)cc2cccc(C)c2c1=O. The van der Waals surface area contributed by atoms with Crippen LogP contribution in [-0.4, -0.2) is 4.57 Å². The summed E-state index contributed by atoms with van der Waals surface area (Å²) in [5, 5.41) is 1.80. The third kappa shape index (κ3) is 3.35. The van der Waals surface area contributed by atoms with Crippen molar-refractivity contribution in [2.24, 2.45) is 0 Å². The van der Waals surface area contributed by atoms with E-state index in [0.29, 0.717) is 0 Å². The van der Waals surface area contributed by atoms with Crippen molar-refractivity contribution < 1.29 is 0 Å². The molecule has 3 heteroatoms. The first kappa shape index (κ1) is 17.7. The smallest absolute Gasteiger partial charge is 0.263 e. The van der Waals surface area contributed by atoms with Gasteiger partial charge in [0.2, 0.25) is 0 Å². The standard InChI is InChI=1S/C20H24BrNO/c1-6-9-13(3)17(7-2)22-18(15(5)21)12-16-11-8-10-14(4)19(16)20(22)23/h7-12,15H,6H2,1-5H3/b13-9-,17-7+. The molecule has 1 aromatic carbocycles. The molecule has 122 valence electrons. The van der Waals surface area contributed by atoms with E-state index in [9.17, 15) is 4.79 Å². The van der Waals surface area contributed by atoms with Crippen molar-refractivity contribution in [3.05, 3.63) is 63.6 Å². The van der Waals surface area contributed by atoms with Gasteiger partial charge in [-0.25, -0.2) is 0 Å². The van der Waals surface area contributed by atoms with Gasteiger partial charge >= 0.3 is 0 Å². The summed E-state index contributed by atoms with van der Waals surface area (Å²) in [5.74, 6) is 0. The number of allylic oxidation sites excluding steroid dienone is 4. The monoisotopic (exact) mass is 373 g/mol. The fourth-order valence-corrected chi connectivity index (χ4v) is 3.38. The Labute approximate surface area is 146 Å². The Hall–Kier alpha value is -1.61. The van der Waals surface area contributed by atoms with Gasteiger partial charge in [-0.15, -0.1) is 0 Å². The van der Waals surface area contributed by atoms with E-state index < -0.39 is 0 Å². The number of benzene rings is 1. The zero-order valence-corrected chi connectivity index (χ0v) is 16.1. The molecule has 0 saturated carbocycles. The van der Waals surface area contributed by atoms with Gasteiger partial charge in [-0.05, 0) is 56.7 Å². The van der Waals surface area contributed by atoms with Crippen molar-refractivity contribution in [3.8, 4) is 0 Å². The van der Waals surface area contributed by atoms with Gasteiger partial charge in [0.15, 0.2) is 0 Å². The number of rotatable bonds is 4. The van der Waals surface area contributed by atoms with Crippen LogP contribution < -0.4 is 5.56 Å². The molecule has 2 aromatic rings. The van der Waals surface area contributed by atoms with Crippen molar-refractivity contribution in [2.75, 3.05) is 0 Å². The molecule has 0 bridgehead atoms. The summed E-state index contributed by atoms with van der Waals surface area (Å²) in [6, 6.07) is 8.13. The Morgan fingerprint density at radius 3 is 2.65 bits per heavy atom. The number of aromatic nitrogens is 1. The summed E-state index contributed by atoms with van der Waals surface area (Å²) < 4.78 is 1.86. The predicted molar refractivity (Wildman–Crippen MR) is 104 cm³/mol. The number of hydrogen-bond acceptors (Lipinski definition) is 1. The van der Waals surface area contributed by atoms with E-state index in [1.807, 2.05) is 42.7 Å². The second kappa shape index (κ2) is 7.31. The molecule has 2 nitrogen and oxygen atoms in total. The number of hydrogen-bond donors (Lipinski definition) is 0. The summed E-state index contributed by atoms with van der Waals surface area (Å²) in [6.45, 7) is 10.2. The Morgan fingerprint density at radius 2 is 2.09 bits per heavy atom. The first-order valence-corrected chi connectivity index (χ1v) is 8.97. The molecular weight excluding hydrogens is 350 g/mol. The maximum absolute atomic E-state index is 13.3. The third-order valence-electron chi connectivity index (χ3n) is 4.12. The van der Waals surface area contributed by atoms with Crippen LogP contribution in [0.2, 0.25) is 0 Å². The molecule has 1 unspecified atom stereocenters. The Kier molecular flexibility index (Phi) is 5.64. The molecule has 0 saturated heterocycles. The minimum atomic E-state index is 0.0545. The first-order chi connectivity index (χ1) is 10.9. The predicted octanol–water partition coefficient (Wildman–Crippen LogP) is 5.98. The number of alkyl halides is 1. The summed E-state index contributed by atoms with van der Waals surface area (Å²) in [5.41, 5.74) is 4.13. The molecule has 1 atom stereocenters. The topological polar surface area (TPSA) is 22.0 Å². The van der Waals surface area contributed by atoms with Crippen molar-refractivity contribution in [1.29, 1.82) is 0 Å². The average molecular weight is 374 g/mol. The molecule has 0 fully saturated rings. The molecule has 1 heterocycles. The van der Waals surface area contributed by atoms with E-state index >= 15 is 0 Å². The van der Waals surface area contributed by atoms with Crippen LogP contribution in [0.1, 0.15) is 50.2 Å². The van der Waals surface area contributed by atoms with Gasteiger partial charge < -0.3 is 0 Å². The van der Waals surface area contributed by atoms with Crippen LogP contribution >= 0.6 is 15.9 Å². The molecule has 0 aliphatic heterocycles. The lowest BCUT2D eigenvalue weighted by molar-refractivity contribution is 0.895. The summed E-state index contributed by atoms with van der Waals surface area (Å²) in [7, 11) is 0. The normalized spacial score (nSPS) is 14.3. The van der Waals surface area contributed by atoms with Gasteiger partial charge in [0.1, 0.15) is 0 Å². The first-order valence-electron chi connectivity index (χ1n) is 8.05. The zero-order chi connectivity index (χ0) is 17.1. The van der Waals surface area contributed by atoms with Crippen molar-refractivity contribution in [3.63, 3.8) is 0 Å². The van der Waals surface area contributed by atoms with Gasteiger partial charge in [-0.1, -0.05) is 53.2 Å². The molecule has 0 amide bonds. The molecule has 1 aromatic heterocycles. The van der Waals surface area contributed by atoms with Gasteiger partial charge in [0.05, 0.1) is 10.2 Å². The summed E-state index contributed by atoms with van der Waals surface area (Å²) in [6.07, 6.45) is 5.13. The Balaban J connectivity index is 2.93. The molecule has 0 aliphatic rings. The number of halogens is 1. The number of fused-ring (bicyclic) bond motifs is 1. The van der Waals surface area contributed by atoms with Gasteiger partial charge in [-0.2, -0.15) is 0 Å². The lowest BCUT2D eigenvalue weighted by atomic mass is 10.0. The van der Waals surface area contributed by atoms with Crippen LogP contribution in [0.5, 0.6) is 0 Å². The highest BCUT2D eigenvalue weighted by molar-refractivity contribution is 9.09. The van der Waals surface area contributed by atoms with Crippen LogP contribution in [-0.2, 0) is 0 Å². The van der Waals surface area contributed by atoms with Crippen molar-refractivity contribution in [2.45, 2.75) is 45.9 Å². The lowest BCUT2D eigenvalue weighted by Crippen LogP contribution is -2.24. The minimum absolute atomic E-state index is 0.0545. The molecular formula is C20H24BrNO. The number of nitrogens with zero attached hydrogens (tertiary/aromatic N) is 1. The summed E-state index contributed by atoms with van der Waals surface area (Å²) >= 11 is 3.65. The van der Waals surface area contributed by atoms with Crippen LogP contribution in [0.4, 0.5) is 0 Å². The van der Waals surface area contributed by atoms with Crippen LogP contribution in [0.15, 0.2) is 46.8 Å². The Bertz CT molecular complexity index is 841. The number of aryl methyl sites for hydroxylation is 1. The summed E-state index contributed by atoms with van der Waals surface area (Å²) in [4.78, 5) is 13.3. The van der Waals surface area contributed by atoms with E-state index in [2.05, 4.69) is 48.8 Å². The quantitative estimate of drug-likeness (QED) is 0.476. The van der Waals surface area contributed by atoms with Gasteiger partial charge in [0, 0.05) is 11.4 Å². The number of pyridine rings is 1. The van der Waals surface area contributed by atoms with Crippen molar-refractivity contribution >= 4 is 32.4 Å². The second-order valence-corrected chi connectivity index (χ2v) is 7.21. The van der Waals surface area contributed by atoms with E-state index in [0.717, 1.165) is 39.7 Å². The van der Waals surface area contributed by atoms with Crippen LogP contribution in [0.25, 0.3) is 16.5 Å². The molecule has 0 spiro atoms. The molecule has 23 heavy (non-hydrogen) atoms. The van der Waals surface area contributed by atoms with Crippen LogP contribution in [0.3, 0.4) is 0 Å². The Morgan fingerprint density at radius 1 is 1.39 bits per heavy atom. The van der Waals surface area contributed by atoms with Gasteiger partial charge in [-0.3, -0.25) is 9.36 Å². The molecule has 0 radical (unpaired) electrons. The largest absolute Gasteiger partial charge is 0.280 e. The second-order valence-electron chi connectivity index (χ2n) is 5.83. The van der Waals surface area contributed by atoms with Gasteiger partial charge in [0.25, 0.3) is 5.56 Å². The minimum Gasteiger partial charge on any atom is -0.280 e. The van der Waals surface area contributed by atoms with Crippen molar-refractivity contribution in [1.82, 2.24) is 4.57 Å². The maximum atomic E-state index is 13.3. The molecule has 2 rings (SSSR count). The van der Waals surface area contributed by atoms with E-state index in [1.165, 1.54) is 0 Å². The van der Waals surface area contributed by atoms with E-state index in [-0.39, 0.29) is 10.4 Å². The third-order valence-corrected chi connectivity index (χ3v) is 4.59. The average Bonchev–Trinajstić information content (AvgIpc) is 2.49. The maximum Gasteiger partial charge on any atom is 0.263 e. The highest BCUT2D eigenvalue weighted by Gasteiger charge is 2.17.